The fourth-order valence-electron chi connectivity index (χ4n) is 6.06. The summed E-state index contributed by atoms with van der Waals surface area (Å²) in [4.78, 5) is 36.7. The van der Waals surface area contributed by atoms with Crippen LogP contribution in [0.3, 0.4) is 0 Å². The molecule has 0 rings (SSSR count). The maximum absolute atomic E-state index is 12.7. The molecule has 0 saturated heterocycles. The van der Waals surface area contributed by atoms with Gasteiger partial charge >= 0.3 is 11.9 Å². The van der Waals surface area contributed by atoms with Crippen LogP contribution in [0.2, 0.25) is 0 Å². The third-order valence-corrected chi connectivity index (χ3v) is 9.37. The highest BCUT2D eigenvalue weighted by atomic mass is 16.6. The van der Waals surface area contributed by atoms with Crippen molar-refractivity contribution in [1.29, 1.82) is 0 Å². The van der Waals surface area contributed by atoms with Crippen LogP contribution in [0.5, 0.6) is 0 Å². The van der Waals surface area contributed by atoms with Gasteiger partial charge in [-0.25, -0.2) is 0 Å². The number of carbonyl (C=O) groups excluding carboxylic acids is 3. The molecule has 0 heterocycles. The van der Waals surface area contributed by atoms with Gasteiger partial charge in [0.2, 0.25) is 0 Å². The van der Waals surface area contributed by atoms with Gasteiger partial charge in [0.05, 0.1) is 40.3 Å². The van der Waals surface area contributed by atoms with Gasteiger partial charge in [-0.15, -0.1) is 0 Å². The van der Waals surface area contributed by atoms with Gasteiger partial charge in [0.25, 0.3) is 0 Å². The number of nitrogens with zero attached hydrogens (tertiary/aromatic N) is 1. The van der Waals surface area contributed by atoms with Gasteiger partial charge in [-0.3, -0.25) is 9.59 Å². The highest BCUT2D eigenvalue weighted by molar-refractivity contribution is 5.70. The normalized spacial score (nSPS) is 13.2. The van der Waals surface area contributed by atoms with Gasteiger partial charge in [0, 0.05) is 19.3 Å². The van der Waals surface area contributed by atoms with Crippen molar-refractivity contribution >= 4 is 17.9 Å². The molecule has 0 aromatic rings. The zero-order valence-corrected chi connectivity index (χ0v) is 33.8. The zero-order valence-electron chi connectivity index (χ0n) is 33.8. The predicted molar refractivity (Wildman–Crippen MR) is 208 cm³/mol. The van der Waals surface area contributed by atoms with Crippen LogP contribution in [0.25, 0.3) is 0 Å². The number of carbonyl (C=O) groups is 3. The van der Waals surface area contributed by atoms with Crippen molar-refractivity contribution < 1.29 is 38.2 Å². The number of unbranched alkanes of at least 4 members (excludes halogenated alkanes) is 20. The molecule has 0 aliphatic carbocycles. The lowest BCUT2D eigenvalue weighted by molar-refractivity contribution is -0.889. The number of likely N-dealkylation sites (N-methyl/N-ethyl adjacent to an activating group) is 1. The van der Waals surface area contributed by atoms with Crippen molar-refractivity contribution in [2.24, 2.45) is 0 Å². The minimum absolute atomic E-state index is 0.0393. The minimum atomic E-state index is -1.13. The lowest BCUT2D eigenvalue weighted by Crippen LogP contribution is -2.55. The summed E-state index contributed by atoms with van der Waals surface area (Å²) in [7, 11) is 5.40. The second-order valence-electron chi connectivity index (χ2n) is 15.3. The van der Waals surface area contributed by atoms with Crippen molar-refractivity contribution in [3.63, 3.8) is 0 Å². The fourth-order valence-corrected chi connectivity index (χ4v) is 6.06. The van der Waals surface area contributed by atoms with Gasteiger partial charge < -0.3 is 28.6 Å². The van der Waals surface area contributed by atoms with Crippen molar-refractivity contribution in [3.05, 3.63) is 24.3 Å². The molecule has 8 heteroatoms. The van der Waals surface area contributed by atoms with Crippen LogP contribution in [0.4, 0.5) is 0 Å². The van der Waals surface area contributed by atoms with Gasteiger partial charge in [0.1, 0.15) is 12.6 Å². The summed E-state index contributed by atoms with van der Waals surface area (Å²) in [5.74, 6) is -1.74. The maximum Gasteiger partial charge on any atom is 0.306 e. The summed E-state index contributed by atoms with van der Waals surface area (Å²) in [5, 5.41) is 11.6. The lowest BCUT2D eigenvalue weighted by Gasteiger charge is -2.34. The molecule has 0 aromatic carbocycles. The third kappa shape index (κ3) is 33.4. The number of esters is 2. The van der Waals surface area contributed by atoms with E-state index >= 15 is 0 Å². The molecule has 298 valence electrons. The Morgan fingerprint density at radius 2 is 1.02 bits per heavy atom. The first kappa shape index (κ1) is 48.8. The number of hydrogen-bond acceptors (Lipinski definition) is 7. The van der Waals surface area contributed by atoms with E-state index in [2.05, 4.69) is 38.2 Å². The Morgan fingerprint density at radius 1 is 0.588 bits per heavy atom. The highest BCUT2D eigenvalue weighted by Gasteiger charge is 2.25. The van der Waals surface area contributed by atoms with Crippen LogP contribution in [-0.2, 0) is 28.6 Å². The molecule has 0 saturated carbocycles. The monoisotopic (exact) mass is 722 g/mol. The number of carboxylic acid groups (broad SMARTS) is 1. The zero-order chi connectivity index (χ0) is 37.8. The summed E-state index contributed by atoms with van der Waals surface area (Å²) in [6.07, 6.45) is 36.2. The Bertz CT molecular complexity index is 895. The smallest absolute Gasteiger partial charge is 0.306 e. The first-order chi connectivity index (χ1) is 24.6. The van der Waals surface area contributed by atoms with E-state index in [0.29, 0.717) is 12.8 Å². The van der Waals surface area contributed by atoms with Crippen LogP contribution in [0.1, 0.15) is 181 Å². The molecule has 0 spiro atoms. The van der Waals surface area contributed by atoms with E-state index < -0.39 is 18.1 Å². The van der Waals surface area contributed by atoms with Gasteiger partial charge in [-0.1, -0.05) is 147 Å². The van der Waals surface area contributed by atoms with E-state index in [1.807, 2.05) is 0 Å². The SMILES string of the molecule is CCCCC/C=C/C=C/CCCCCCCCC(=O)OC(COCCC(C(=O)[O-])[N+](C)(C)C)COC(=O)CCCCCCCCCCCCCC. The highest BCUT2D eigenvalue weighted by Crippen LogP contribution is 2.14. The molecule has 0 aliphatic heterocycles. The van der Waals surface area contributed by atoms with Crippen LogP contribution >= 0.6 is 0 Å². The number of quaternary nitrogens is 1. The summed E-state index contributed by atoms with van der Waals surface area (Å²) >= 11 is 0. The molecule has 0 fully saturated rings. The largest absolute Gasteiger partial charge is 0.544 e. The van der Waals surface area contributed by atoms with Crippen LogP contribution in [-0.4, -0.2) is 75.5 Å². The van der Waals surface area contributed by atoms with E-state index in [9.17, 15) is 19.5 Å². The predicted octanol–water partition coefficient (Wildman–Crippen LogP) is 9.58. The molecule has 2 atom stereocenters. The van der Waals surface area contributed by atoms with E-state index in [4.69, 9.17) is 14.2 Å². The minimum Gasteiger partial charge on any atom is -0.544 e. The summed E-state index contributed by atoms with van der Waals surface area (Å²) in [6.45, 7) is 4.62. The molecule has 0 N–H and O–H groups in total. The first-order valence-electron chi connectivity index (χ1n) is 20.9. The molecule has 8 nitrogen and oxygen atoms in total. The summed E-state index contributed by atoms with van der Waals surface area (Å²) < 4.78 is 17.1. The second-order valence-corrected chi connectivity index (χ2v) is 15.3. The van der Waals surface area contributed by atoms with Crippen LogP contribution in [0, 0.1) is 0 Å². The molecular weight excluding hydrogens is 642 g/mol. The molecule has 2 unspecified atom stereocenters. The molecule has 0 bridgehead atoms. The van der Waals surface area contributed by atoms with Crippen LogP contribution < -0.4 is 5.11 Å². The van der Waals surface area contributed by atoms with Gasteiger partial charge in [0.15, 0.2) is 6.10 Å². The molecule has 0 aliphatic rings. The van der Waals surface area contributed by atoms with E-state index in [-0.39, 0.29) is 42.7 Å². The summed E-state index contributed by atoms with van der Waals surface area (Å²) in [6, 6.07) is -0.724. The Labute approximate surface area is 313 Å². The quantitative estimate of drug-likeness (QED) is 0.0273. The van der Waals surface area contributed by atoms with Crippen LogP contribution in [0.15, 0.2) is 24.3 Å². The van der Waals surface area contributed by atoms with Gasteiger partial charge in [-0.05, 0) is 38.5 Å². The molecule has 0 radical (unpaired) electrons. The Balaban J connectivity index is 4.39. The number of carboxylic acids is 1. The molecule has 51 heavy (non-hydrogen) atoms. The number of rotatable bonds is 37. The number of aliphatic carboxylic acids is 1. The Hall–Kier alpha value is -2.19. The number of hydrogen-bond donors (Lipinski definition) is 0. The Kier molecular flexibility index (Phi) is 33.4. The van der Waals surface area contributed by atoms with Crippen molar-refractivity contribution in [2.45, 2.75) is 193 Å². The van der Waals surface area contributed by atoms with Crippen molar-refractivity contribution in [1.82, 2.24) is 0 Å². The second kappa shape index (κ2) is 34.9. The third-order valence-electron chi connectivity index (χ3n) is 9.37. The summed E-state index contributed by atoms with van der Waals surface area (Å²) in [5.41, 5.74) is 0. The number of ether oxygens (including phenoxy) is 3. The lowest BCUT2D eigenvalue weighted by atomic mass is 10.0. The van der Waals surface area contributed by atoms with Crippen molar-refractivity contribution in [3.8, 4) is 0 Å². The average molecular weight is 722 g/mol. The van der Waals surface area contributed by atoms with E-state index in [1.54, 1.807) is 21.1 Å². The standard InChI is InChI=1S/C43H79NO7/c1-6-8-10-12-14-16-18-20-21-22-24-26-28-30-32-34-42(46)51-39(37-49-36-35-40(43(47)48)44(3,4)5)38-50-41(45)33-31-29-27-25-23-19-17-15-13-11-9-7-2/h14,16,18,20,39-40H,6-13,15,17,19,21-38H2,1-5H3/b16-14+,20-18+. The maximum atomic E-state index is 12.7. The topological polar surface area (TPSA) is 102 Å². The average Bonchev–Trinajstić information content (AvgIpc) is 3.08. The Morgan fingerprint density at radius 3 is 1.51 bits per heavy atom. The fraction of sp³-hybridized carbons (Fsp3) is 0.837. The number of allylic oxidation sites excluding steroid dienone is 4. The molecule has 0 amide bonds. The molecule has 0 aromatic heterocycles. The van der Waals surface area contributed by atoms with E-state index in [0.717, 1.165) is 57.8 Å². The van der Waals surface area contributed by atoms with Gasteiger partial charge in [-0.2, -0.15) is 0 Å². The van der Waals surface area contributed by atoms with E-state index in [1.165, 1.54) is 89.9 Å². The first-order valence-corrected chi connectivity index (χ1v) is 20.9. The molecular formula is C43H79NO7. The van der Waals surface area contributed by atoms with Crippen molar-refractivity contribution in [2.75, 3.05) is 41.0 Å².